The number of unbranched alkanes of at least 4 members (excludes halogenated alkanes) is 1. The fourth-order valence-corrected chi connectivity index (χ4v) is 5.63. The number of hydrogen-bond acceptors (Lipinski definition) is 9. The summed E-state index contributed by atoms with van der Waals surface area (Å²) in [7, 11) is -4.17. The number of nitrogens with one attached hydrogen (secondary N) is 2. The highest BCUT2D eigenvalue weighted by Gasteiger charge is 2.54. The molecule has 3 N–H and O–H groups in total. The first-order valence-electron chi connectivity index (χ1n) is 12.0. The number of aliphatic hydroxyl groups excluding tert-OH is 1. The van der Waals surface area contributed by atoms with Gasteiger partial charge in [-0.3, -0.25) is 23.7 Å². The number of hydrogen-bond donors (Lipinski definition) is 3. The number of carbonyl (C=O) groups excluding carboxylic acids is 1. The molecular weight excluding hydrogens is 529 g/mol. The fourth-order valence-electron chi connectivity index (χ4n) is 3.77. The van der Waals surface area contributed by atoms with Gasteiger partial charge in [0, 0.05) is 18.7 Å². The van der Waals surface area contributed by atoms with Gasteiger partial charge in [0.05, 0.1) is 13.2 Å². The molecule has 1 unspecified atom stereocenters. The SMILES string of the molecule is CCCCOC(=O)[C@@H](C)NP(=O)(OC[C@H]1O[C@@H](n2ccc(=O)[nH]c2=O)[C@](C)(Cl)[C@@H]1O)OC1=CC=CCC1. The van der Waals surface area contributed by atoms with Gasteiger partial charge < -0.3 is 19.1 Å². The van der Waals surface area contributed by atoms with Gasteiger partial charge in [0.1, 0.15) is 28.9 Å². The van der Waals surface area contributed by atoms with Crippen LogP contribution < -0.4 is 16.3 Å². The minimum Gasteiger partial charge on any atom is -0.465 e. The summed E-state index contributed by atoms with van der Waals surface area (Å²) in [5.74, 6) is -0.237. The van der Waals surface area contributed by atoms with Gasteiger partial charge in [-0.1, -0.05) is 25.5 Å². The van der Waals surface area contributed by atoms with E-state index < -0.39 is 60.9 Å². The van der Waals surface area contributed by atoms with E-state index in [1.54, 1.807) is 12.2 Å². The average Bonchev–Trinajstić information content (AvgIpc) is 3.07. The zero-order valence-electron chi connectivity index (χ0n) is 20.9. The number of halogens is 1. The second kappa shape index (κ2) is 12.6. The van der Waals surface area contributed by atoms with Gasteiger partial charge >= 0.3 is 19.4 Å². The van der Waals surface area contributed by atoms with Crippen LogP contribution >= 0.6 is 19.3 Å². The molecule has 0 bridgehead atoms. The van der Waals surface area contributed by atoms with Crippen LogP contribution in [0.25, 0.3) is 0 Å². The van der Waals surface area contributed by atoms with Gasteiger partial charge in [-0.05, 0) is 32.8 Å². The number of carbonyl (C=O) groups is 1. The summed E-state index contributed by atoms with van der Waals surface area (Å²) in [6.45, 7) is 4.66. The highest BCUT2D eigenvalue weighted by atomic mass is 35.5. The lowest BCUT2D eigenvalue weighted by Gasteiger charge is -2.27. The smallest absolute Gasteiger partial charge is 0.459 e. The maximum atomic E-state index is 13.7. The molecule has 3 rings (SSSR count). The second-order valence-corrected chi connectivity index (χ2v) is 11.5. The number of ether oxygens (including phenoxy) is 2. The van der Waals surface area contributed by atoms with E-state index in [2.05, 4.69) is 10.1 Å². The monoisotopic (exact) mass is 561 g/mol. The van der Waals surface area contributed by atoms with Crippen LogP contribution in [0.3, 0.4) is 0 Å². The van der Waals surface area contributed by atoms with E-state index in [0.717, 1.165) is 17.1 Å². The van der Waals surface area contributed by atoms with E-state index in [0.29, 0.717) is 25.0 Å². The third kappa shape index (κ3) is 7.43. The van der Waals surface area contributed by atoms with E-state index in [1.165, 1.54) is 20.0 Å². The zero-order valence-corrected chi connectivity index (χ0v) is 22.6. The largest absolute Gasteiger partial charge is 0.465 e. The normalized spacial score (nSPS) is 27.8. The quantitative estimate of drug-likeness (QED) is 0.150. The number of esters is 1. The molecule has 0 saturated carbocycles. The number of rotatable bonds is 12. The molecule has 2 aliphatic rings. The van der Waals surface area contributed by atoms with Crippen LogP contribution in [0.2, 0.25) is 0 Å². The van der Waals surface area contributed by atoms with Crippen LogP contribution in [0.5, 0.6) is 0 Å². The summed E-state index contributed by atoms with van der Waals surface area (Å²) in [5, 5.41) is 13.4. The summed E-state index contributed by atoms with van der Waals surface area (Å²) in [4.78, 5) is 36.7. The van der Waals surface area contributed by atoms with Crippen molar-refractivity contribution in [3.05, 3.63) is 57.1 Å². The molecule has 0 aromatic carbocycles. The topological polar surface area (TPSA) is 158 Å². The Kier molecular flexibility index (Phi) is 9.96. The van der Waals surface area contributed by atoms with Crippen molar-refractivity contribution in [1.82, 2.24) is 14.6 Å². The van der Waals surface area contributed by atoms with Gasteiger partial charge in [0.25, 0.3) is 5.56 Å². The third-order valence-electron chi connectivity index (χ3n) is 5.89. The minimum atomic E-state index is -4.17. The molecule has 1 aromatic rings. The summed E-state index contributed by atoms with van der Waals surface area (Å²) in [6.07, 6.45) is 5.53. The third-order valence-corrected chi connectivity index (χ3v) is 7.97. The highest BCUT2D eigenvalue weighted by molar-refractivity contribution is 7.51. The molecule has 1 aromatic heterocycles. The van der Waals surface area contributed by atoms with E-state index in [9.17, 15) is 24.1 Å². The van der Waals surface area contributed by atoms with Crippen molar-refractivity contribution in [3.8, 4) is 0 Å². The van der Waals surface area contributed by atoms with Crippen molar-refractivity contribution in [1.29, 1.82) is 0 Å². The van der Waals surface area contributed by atoms with E-state index in [4.69, 9.17) is 30.1 Å². The molecule has 6 atom stereocenters. The average molecular weight is 562 g/mol. The molecular formula is C23H33ClN3O9P. The Morgan fingerprint density at radius 1 is 1.46 bits per heavy atom. The number of aromatic amines is 1. The van der Waals surface area contributed by atoms with Crippen LogP contribution in [-0.4, -0.2) is 57.0 Å². The van der Waals surface area contributed by atoms with Crippen molar-refractivity contribution in [2.24, 2.45) is 0 Å². The predicted octanol–water partition coefficient (Wildman–Crippen LogP) is 2.49. The first-order valence-corrected chi connectivity index (χ1v) is 14.0. The Morgan fingerprint density at radius 2 is 2.22 bits per heavy atom. The standard InChI is InChI=1S/C23H33ClN3O9P/c1-4-5-13-33-20(30)15(2)26-37(32,36-16-9-7-6-8-10-16)34-14-17-19(29)23(3,24)21(35-17)27-12-11-18(28)25-22(27)31/h6-7,9,11-12,15,17,19,21,29H,4-5,8,10,13-14H2,1-3H3,(H,26,32)(H,25,28,31)/t15-,17-,19-,21-,23-,37?/m1/s1. The summed E-state index contributed by atoms with van der Waals surface area (Å²) >= 11 is 6.54. The second-order valence-electron chi connectivity index (χ2n) is 9.00. The Balaban J connectivity index is 1.75. The molecule has 37 heavy (non-hydrogen) atoms. The number of nitrogens with zero attached hydrogens (tertiary/aromatic N) is 1. The molecule has 0 spiro atoms. The van der Waals surface area contributed by atoms with E-state index in [-0.39, 0.29) is 6.61 Å². The van der Waals surface area contributed by atoms with Crippen molar-refractivity contribution >= 4 is 25.3 Å². The number of H-pyrrole nitrogens is 1. The molecule has 0 radical (unpaired) electrons. The zero-order chi connectivity index (χ0) is 27.2. The lowest BCUT2D eigenvalue weighted by atomic mass is 10.0. The fraction of sp³-hybridized carbons (Fsp3) is 0.609. The van der Waals surface area contributed by atoms with E-state index >= 15 is 0 Å². The molecule has 206 valence electrons. The van der Waals surface area contributed by atoms with Crippen molar-refractivity contribution < 1.29 is 33.0 Å². The molecule has 1 aliphatic heterocycles. The Morgan fingerprint density at radius 3 is 2.86 bits per heavy atom. The van der Waals surface area contributed by atoms with Gasteiger partial charge in [-0.25, -0.2) is 9.36 Å². The first kappa shape index (κ1) is 29.3. The number of alkyl halides is 1. The van der Waals surface area contributed by atoms with Gasteiger partial charge in [0.15, 0.2) is 6.23 Å². The molecule has 14 heteroatoms. The minimum absolute atomic E-state index is 0.227. The van der Waals surface area contributed by atoms with Gasteiger partial charge in [-0.15, -0.1) is 11.6 Å². The van der Waals surface area contributed by atoms with Crippen LogP contribution in [0, 0.1) is 0 Å². The maximum absolute atomic E-state index is 13.7. The van der Waals surface area contributed by atoms with Crippen LogP contribution in [0.15, 0.2) is 45.8 Å². The Hall–Kier alpha value is -2.21. The number of allylic oxidation sites excluding steroid dienone is 4. The van der Waals surface area contributed by atoms with Crippen LogP contribution in [-0.2, 0) is 27.9 Å². The van der Waals surface area contributed by atoms with Gasteiger partial charge in [-0.2, -0.15) is 5.09 Å². The Bertz CT molecular complexity index is 1180. The Labute approximate surface area is 219 Å². The molecule has 2 heterocycles. The molecule has 1 fully saturated rings. The number of aliphatic hydroxyl groups is 1. The maximum Gasteiger partial charge on any atom is 0.459 e. The summed E-state index contributed by atoms with van der Waals surface area (Å²) in [5.41, 5.74) is -1.38. The molecule has 1 aliphatic carbocycles. The van der Waals surface area contributed by atoms with Crippen LogP contribution in [0.1, 0.15) is 52.7 Å². The van der Waals surface area contributed by atoms with Crippen molar-refractivity contribution in [3.63, 3.8) is 0 Å². The van der Waals surface area contributed by atoms with Crippen molar-refractivity contribution in [2.45, 2.75) is 75.8 Å². The highest BCUT2D eigenvalue weighted by Crippen LogP contribution is 2.50. The molecule has 1 saturated heterocycles. The van der Waals surface area contributed by atoms with Crippen LogP contribution in [0.4, 0.5) is 0 Å². The summed E-state index contributed by atoms with van der Waals surface area (Å²) in [6, 6.07) is 0.0929. The lowest BCUT2D eigenvalue weighted by Crippen LogP contribution is -2.43. The lowest BCUT2D eigenvalue weighted by molar-refractivity contribution is -0.145. The molecule has 0 amide bonds. The molecule has 12 nitrogen and oxygen atoms in total. The van der Waals surface area contributed by atoms with E-state index in [1.807, 2.05) is 13.0 Å². The first-order chi connectivity index (χ1) is 17.5. The van der Waals surface area contributed by atoms with Crippen molar-refractivity contribution in [2.75, 3.05) is 13.2 Å². The predicted molar refractivity (Wildman–Crippen MR) is 135 cm³/mol. The number of aromatic nitrogens is 2. The van der Waals surface area contributed by atoms with Gasteiger partial charge in [0.2, 0.25) is 0 Å². The summed E-state index contributed by atoms with van der Waals surface area (Å²) < 4.78 is 37.0.